The molecule has 2 rings (SSSR count). The van der Waals surface area contributed by atoms with Crippen LogP contribution in [0.15, 0.2) is 24.3 Å². The molecular formula is C15H18N2O4S. The maximum Gasteiger partial charge on any atom is 0.338 e. The number of esters is 1. The summed E-state index contributed by atoms with van der Waals surface area (Å²) in [7, 11) is 0. The second-order valence-electron chi connectivity index (χ2n) is 4.73. The van der Waals surface area contributed by atoms with E-state index in [1.807, 2.05) is 0 Å². The quantitative estimate of drug-likeness (QED) is 0.819. The summed E-state index contributed by atoms with van der Waals surface area (Å²) < 4.78 is 4.89. The van der Waals surface area contributed by atoms with Crippen LogP contribution in [0, 0.1) is 0 Å². The molecule has 0 bridgehead atoms. The van der Waals surface area contributed by atoms with E-state index in [0.29, 0.717) is 30.0 Å². The zero-order valence-electron chi connectivity index (χ0n) is 12.3. The average molecular weight is 322 g/mol. The van der Waals surface area contributed by atoms with Crippen LogP contribution in [0.1, 0.15) is 23.7 Å². The van der Waals surface area contributed by atoms with Crippen molar-refractivity contribution in [1.29, 1.82) is 0 Å². The van der Waals surface area contributed by atoms with Crippen LogP contribution >= 0.6 is 11.8 Å². The van der Waals surface area contributed by atoms with E-state index in [4.69, 9.17) is 4.74 Å². The normalized spacial score (nSPS) is 18.0. The standard InChI is InChI=1S/C15H18N2O4S/c1-2-21-15(20)10-3-5-11(6-4-10)16-14(19)12-9-22-8-7-13(18)17-12/h3-6,12H,2,7-9H2,1H3,(H,16,19)(H,17,18). The van der Waals surface area contributed by atoms with E-state index in [2.05, 4.69) is 10.6 Å². The minimum absolute atomic E-state index is 0.109. The number of carbonyl (C=O) groups excluding carboxylic acids is 3. The number of benzene rings is 1. The number of hydrogen-bond donors (Lipinski definition) is 2. The predicted octanol–water partition coefficient (Wildman–Crippen LogP) is 1.42. The Morgan fingerprint density at radius 2 is 2.09 bits per heavy atom. The predicted molar refractivity (Wildman–Crippen MR) is 84.9 cm³/mol. The second kappa shape index (κ2) is 7.84. The van der Waals surface area contributed by atoms with Crippen molar-refractivity contribution >= 4 is 35.2 Å². The third kappa shape index (κ3) is 4.49. The second-order valence-corrected chi connectivity index (χ2v) is 5.88. The van der Waals surface area contributed by atoms with E-state index in [9.17, 15) is 14.4 Å². The molecule has 1 aliphatic heterocycles. The Morgan fingerprint density at radius 3 is 2.77 bits per heavy atom. The van der Waals surface area contributed by atoms with Gasteiger partial charge in [0.25, 0.3) is 0 Å². The third-order valence-corrected chi connectivity index (χ3v) is 4.14. The van der Waals surface area contributed by atoms with Crippen molar-refractivity contribution < 1.29 is 19.1 Å². The van der Waals surface area contributed by atoms with Crippen LogP contribution in [0.5, 0.6) is 0 Å². The lowest BCUT2D eigenvalue weighted by Crippen LogP contribution is -2.44. The summed E-state index contributed by atoms with van der Waals surface area (Å²) in [5.74, 6) is 0.518. The van der Waals surface area contributed by atoms with Gasteiger partial charge in [-0.15, -0.1) is 0 Å². The molecule has 0 radical (unpaired) electrons. The van der Waals surface area contributed by atoms with Crippen molar-refractivity contribution in [3.8, 4) is 0 Å². The number of anilines is 1. The van der Waals surface area contributed by atoms with Gasteiger partial charge in [-0.3, -0.25) is 9.59 Å². The lowest BCUT2D eigenvalue weighted by molar-refractivity contribution is -0.125. The van der Waals surface area contributed by atoms with Crippen LogP contribution in [-0.2, 0) is 14.3 Å². The fourth-order valence-electron chi connectivity index (χ4n) is 1.95. The van der Waals surface area contributed by atoms with Gasteiger partial charge in [-0.2, -0.15) is 11.8 Å². The van der Waals surface area contributed by atoms with Gasteiger partial charge in [0.05, 0.1) is 12.2 Å². The molecule has 1 heterocycles. The first-order chi connectivity index (χ1) is 10.6. The van der Waals surface area contributed by atoms with E-state index in [-0.39, 0.29) is 11.8 Å². The van der Waals surface area contributed by atoms with E-state index in [0.717, 1.165) is 5.75 Å². The Balaban J connectivity index is 1.96. The molecule has 1 saturated heterocycles. The number of hydrogen-bond acceptors (Lipinski definition) is 5. The molecule has 2 N–H and O–H groups in total. The van der Waals surface area contributed by atoms with Crippen molar-refractivity contribution in [2.24, 2.45) is 0 Å². The van der Waals surface area contributed by atoms with Gasteiger partial charge in [0.2, 0.25) is 11.8 Å². The number of nitrogens with one attached hydrogen (secondary N) is 2. The lowest BCUT2D eigenvalue weighted by atomic mass is 10.2. The summed E-state index contributed by atoms with van der Waals surface area (Å²) in [4.78, 5) is 35.2. The fourth-order valence-corrected chi connectivity index (χ4v) is 2.92. The molecule has 1 unspecified atom stereocenters. The minimum Gasteiger partial charge on any atom is -0.462 e. The smallest absolute Gasteiger partial charge is 0.338 e. The van der Waals surface area contributed by atoms with E-state index < -0.39 is 12.0 Å². The van der Waals surface area contributed by atoms with Crippen molar-refractivity contribution in [1.82, 2.24) is 5.32 Å². The van der Waals surface area contributed by atoms with E-state index in [1.165, 1.54) is 0 Å². The summed E-state index contributed by atoms with van der Waals surface area (Å²) in [5.41, 5.74) is 1.000. The minimum atomic E-state index is -0.537. The molecule has 0 aromatic heterocycles. The van der Waals surface area contributed by atoms with Crippen LogP contribution in [0.4, 0.5) is 5.69 Å². The molecule has 1 aromatic rings. The summed E-state index contributed by atoms with van der Waals surface area (Å²) in [6, 6.07) is 5.91. The Kier molecular flexibility index (Phi) is 5.83. The molecule has 1 aromatic carbocycles. The first-order valence-electron chi connectivity index (χ1n) is 7.05. The third-order valence-electron chi connectivity index (χ3n) is 3.07. The molecule has 0 spiro atoms. The molecule has 1 aliphatic rings. The molecule has 7 heteroatoms. The maximum atomic E-state index is 12.2. The van der Waals surface area contributed by atoms with Crippen LogP contribution in [0.2, 0.25) is 0 Å². The van der Waals surface area contributed by atoms with Crippen LogP contribution in [0.3, 0.4) is 0 Å². The van der Waals surface area contributed by atoms with Gasteiger partial charge in [-0.25, -0.2) is 4.79 Å². The number of rotatable bonds is 4. The van der Waals surface area contributed by atoms with Gasteiger partial charge in [0.1, 0.15) is 6.04 Å². The lowest BCUT2D eigenvalue weighted by Gasteiger charge is -2.15. The molecule has 1 atom stereocenters. The molecule has 6 nitrogen and oxygen atoms in total. The highest BCUT2D eigenvalue weighted by Gasteiger charge is 2.23. The summed E-state index contributed by atoms with van der Waals surface area (Å²) in [6.07, 6.45) is 0.433. The first kappa shape index (κ1) is 16.4. The number of carbonyl (C=O) groups is 3. The van der Waals surface area contributed by atoms with Crippen LogP contribution < -0.4 is 10.6 Å². The van der Waals surface area contributed by atoms with Gasteiger partial charge in [0, 0.05) is 23.6 Å². The number of amides is 2. The molecule has 22 heavy (non-hydrogen) atoms. The molecule has 0 saturated carbocycles. The summed E-state index contributed by atoms with van der Waals surface area (Å²) >= 11 is 1.57. The van der Waals surface area contributed by atoms with Crippen LogP contribution in [0.25, 0.3) is 0 Å². The van der Waals surface area contributed by atoms with Gasteiger partial charge < -0.3 is 15.4 Å². The number of ether oxygens (including phenoxy) is 1. The van der Waals surface area contributed by atoms with Gasteiger partial charge in [-0.1, -0.05) is 0 Å². The van der Waals surface area contributed by atoms with Crippen molar-refractivity contribution in [3.05, 3.63) is 29.8 Å². The highest BCUT2D eigenvalue weighted by atomic mass is 32.2. The molecule has 2 amide bonds. The Labute approximate surface area is 133 Å². The van der Waals surface area contributed by atoms with Crippen LogP contribution in [-0.4, -0.2) is 41.9 Å². The van der Waals surface area contributed by atoms with Gasteiger partial charge >= 0.3 is 5.97 Å². The zero-order valence-corrected chi connectivity index (χ0v) is 13.1. The zero-order chi connectivity index (χ0) is 15.9. The molecule has 1 fully saturated rings. The Bertz CT molecular complexity index is 559. The molecule has 118 valence electrons. The van der Waals surface area contributed by atoms with Crippen molar-refractivity contribution in [2.45, 2.75) is 19.4 Å². The maximum absolute atomic E-state index is 12.2. The Morgan fingerprint density at radius 1 is 1.36 bits per heavy atom. The fraction of sp³-hybridized carbons (Fsp3) is 0.400. The van der Waals surface area contributed by atoms with E-state index in [1.54, 1.807) is 43.0 Å². The topological polar surface area (TPSA) is 84.5 Å². The summed E-state index contributed by atoms with van der Waals surface area (Å²) in [6.45, 7) is 2.06. The average Bonchev–Trinajstić information content (AvgIpc) is 2.73. The monoisotopic (exact) mass is 322 g/mol. The Hall–Kier alpha value is -2.02. The van der Waals surface area contributed by atoms with Gasteiger partial charge in [0.15, 0.2) is 0 Å². The SMILES string of the molecule is CCOC(=O)c1ccc(NC(=O)C2CSCCC(=O)N2)cc1. The van der Waals surface area contributed by atoms with Crippen molar-refractivity contribution in [2.75, 3.05) is 23.4 Å². The molecular weight excluding hydrogens is 304 g/mol. The summed E-state index contributed by atoms with van der Waals surface area (Å²) in [5, 5.41) is 5.44. The highest BCUT2D eigenvalue weighted by Crippen LogP contribution is 2.14. The van der Waals surface area contributed by atoms with E-state index >= 15 is 0 Å². The highest BCUT2D eigenvalue weighted by molar-refractivity contribution is 7.99. The first-order valence-corrected chi connectivity index (χ1v) is 8.20. The molecule has 0 aliphatic carbocycles. The van der Waals surface area contributed by atoms with Crippen molar-refractivity contribution in [3.63, 3.8) is 0 Å². The largest absolute Gasteiger partial charge is 0.462 e. The number of thioether (sulfide) groups is 1. The van der Waals surface area contributed by atoms with Gasteiger partial charge in [-0.05, 0) is 31.2 Å².